The molecule has 2 aromatic rings. The molecule has 4 nitrogen and oxygen atoms in total. The fourth-order valence-electron chi connectivity index (χ4n) is 1.24. The van der Waals surface area contributed by atoms with Crippen LogP contribution in [0.1, 0.15) is 17.4 Å². The molecule has 0 aliphatic carbocycles. The summed E-state index contributed by atoms with van der Waals surface area (Å²) < 4.78 is 2.63. The molecule has 0 radical (unpaired) electrons. The highest BCUT2D eigenvalue weighted by Gasteiger charge is 2.11. The molecule has 2 heterocycles. The van der Waals surface area contributed by atoms with Gasteiger partial charge in [0.1, 0.15) is 15.3 Å². The molecule has 2 rings (SSSR count). The summed E-state index contributed by atoms with van der Waals surface area (Å²) in [6, 6.07) is 0. The van der Waals surface area contributed by atoms with Crippen LogP contribution >= 0.6 is 27.7 Å². The second kappa shape index (κ2) is 3.94. The molecule has 78 valence electrons. The minimum absolute atomic E-state index is 0.0483. The zero-order valence-electron chi connectivity index (χ0n) is 8.19. The Morgan fingerprint density at radius 3 is 2.93 bits per heavy atom. The van der Waals surface area contributed by atoms with Crippen LogP contribution in [0.4, 0.5) is 0 Å². The predicted molar refractivity (Wildman–Crippen MR) is 62.5 cm³/mol. The first-order chi connectivity index (χ1) is 7.13. The van der Waals surface area contributed by atoms with E-state index in [0.29, 0.717) is 5.69 Å². The summed E-state index contributed by atoms with van der Waals surface area (Å²) in [6.07, 6.45) is 5.30. The van der Waals surface area contributed by atoms with E-state index in [4.69, 9.17) is 0 Å². The van der Waals surface area contributed by atoms with E-state index in [9.17, 15) is 4.79 Å². The Balaban J connectivity index is 2.79. The van der Waals surface area contributed by atoms with Gasteiger partial charge in [-0.3, -0.25) is 9.20 Å². The number of aromatic nitrogens is 3. The molecule has 0 fully saturated rings. The van der Waals surface area contributed by atoms with E-state index in [0.717, 1.165) is 15.3 Å². The first-order valence-electron chi connectivity index (χ1n) is 4.22. The molecule has 0 amide bonds. The van der Waals surface area contributed by atoms with E-state index in [2.05, 4.69) is 25.9 Å². The Labute approximate surface area is 99.2 Å². The van der Waals surface area contributed by atoms with Crippen LogP contribution in [0.5, 0.6) is 0 Å². The first kappa shape index (κ1) is 10.6. The lowest BCUT2D eigenvalue weighted by Crippen LogP contribution is -2.02. The molecule has 0 saturated heterocycles. The Morgan fingerprint density at radius 2 is 2.33 bits per heavy atom. The third-order valence-electron chi connectivity index (χ3n) is 1.97. The van der Waals surface area contributed by atoms with Crippen molar-refractivity contribution in [3.63, 3.8) is 0 Å². The molecule has 0 N–H and O–H groups in total. The molecule has 0 aromatic carbocycles. The Hall–Kier alpha value is -0.880. The van der Waals surface area contributed by atoms with E-state index >= 15 is 0 Å². The van der Waals surface area contributed by atoms with Crippen LogP contribution in [0.25, 0.3) is 5.65 Å². The van der Waals surface area contributed by atoms with Gasteiger partial charge in [0, 0.05) is 13.1 Å². The molecule has 6 heteroatoms. The molecule has 0 saturated carbocycles. The highest BCUT2D eigenvalue weighted by Crippen LogP contribution is 2.22. The summed E-state index contributed by atoms with van der Waals surface area (Å²) in [7, 11) is 0. The van der Waals surface area contributed by atoms with Gasteiger partial charge in [0.2, 0.25) is 0 Å². The average Bonchev–Trinajstić information content (AvgIpc) is 2.59. The average molecular weight is 286 g/mol. The van der Waals surface area contributed by atoms with Crippen molar-refractivity contribution in [1.29, 1.82) is 0 Å². The van der Waals surface area contributed by atoms with Crippen molar-refractivity contribution < 1.29 is 4.79 Å². The molecule has 0 unspecified atom stereocenters. The van der Waals surface area contributed by atoms with Crippen LogP contribution in [0, 0.1) is 0 Å². The zero-order chi connectivity index (χ0) is 11.0. The van der Waals surface area contributed by atoms with Crippen LogP contribution < -0.4 is 0 Å². The second-order valence-corrected chi connectivity index (χ2v) is 4.57. The van der Waals surface area contributed by atoms with Gasteiger partial charge in [-0.25, -0.2) is 9.97 Å². The lowest BCUT2D eigenvalue weighted by atomic mass is 10.3. The molecule has 0 spiro atoms. The summed E-state index contributed by atoms with van der Waals surface area (Å²) in [5.74, 6) is -0.0483. The monoisotopic (exact) mass is 285 g/mol. The smallest absolute Gasteiger partial charge is 0.179 e. The molecule has 2 aromatic heterocycles. The molecule has 0 atom stereocenters. The summed E-state index contributed by atoms with van der Waals surface area (Å²) >= 11 is 4.84. The standard InChI is InChI=1S/C9H8BrN3OS/c1-5(14)6-4-13-7(10)3-11-8(13)9(12-6)15-2/h3-4H,1-2H3. The topological polar surface area (TPSA) is 47.3 Å². The minimum Gasteiger partial charge on any atom is -0.293 e. The van der Waals surface area contributed by atoms with Crippen molar-refractivity contribution in [2.24, 2.45) is 0 Å². The van der Waals surface area contributed by atoms with Crippen molar-refractivity contribution in [1.82, 2.24) is 14.4 Å². The number of ketones is 1. The normalized spacial score (nSPS) is 10.9. The van der Waals surface area contributed by atoms with Gasteiger partial charge in [-0.2, -0.15) is 0 Å². The number of imidazole rings is 1. The summed E-state index contributed by atoms with van der Waals surface area (Å²) in [5, 5.41) is 0.758. The number of halogens is 1. The highest BCUT2D eigenvalue weighted by molar-refractivity contribution is 9.10. The van der Waals surface area contributed by atoms with Gasteiger partial charge in [-0.15, -0.1) is 11.8 Å². The number of Topliss-reactive ketones (excluding diaryl/α,β-unsaturated/α-hetero) is 1. The Bertz CT molecular complexity index is 537. The summed E-state index contributed by atoms with van der Waals surface area (Å²) in [6.45, 7) is 1.50. The number of hydrogen-bond donors (Lipinski definition) is 0. The molecule has 15 heavy (non-hydrogen) atoms. The molecule has 0 aliphatic heterocycles. The number of rotatable bonds is 2. The molecule has 0 bridgehead atoms. The summed E-state index contributed by atoms with van der Waals surface area (Å²) in [4.78, 5) is 19.7. The summed E-state index contributed by atoms with van der Waals surface area (Å²) in [5.41, 5.74) is 1.21. The predicted octanol–water partition coefficient (Wildman–Crippen LogP) is 2.42. The van der Waals surface area contributed by atoms with Gasteiger partial charge in [0.05, 0.1) is 6.20 Å². The van der Waals surface area contributed by atoms with E-state index in [1.807, 2.05) is 10.7 Å². The van der Waals surface area contributed by atoms with Crippen LogP contribution in [0.3, 0.4) is 0 Å². The van der Waals surface area contributed by atoms with Gasteiger partial charge >= 0.3 is 0 Å². The molecular formula is C9H8BrN3OS. The van der Waals surface area contributed by atoms with Crippen molar-refractivity contribution in [3.05, 3.63) is 22.7 Å². The third kappa shape index (κ3) is 1.79. The Kier molecular flexibility index (Phi) is 2.79. The quantitative estimate of drug-likeness (QED) is 0.628. The molecule has 0 aliphatic rings. The number of nitrogens with zero attached hydrogens (tertiary/aromatic N) is 3. The number of carbonyl (C=O) groups excluding carboxylic acids is 1. The van der Waals surface area contributed by atoms with E-state index in [1.54, 1.807) is 12.4 Å². The van der Waals surface area contributed by atoms with E-state index < -0.39 is 0 Å². The number of hydrogen-bond acceptors (Lipinski definition) is 4. The first-order valence-corrected chi connectivity index (χ1v) is 6.24. The van der Waals surface area contributed by atoms with Gasteiger partial charge in [0.15, 0.2) is 11.4 Å². The SMILES string of the molecule is CSc1nc(C(C)=O)cn2c(Br)cnc12. The lowest BCUT2D eigenvalue weighted by Gasteiger charge is -2.03. The van der Waals surface area contributed by atoms with Crippen LogP contribution in [-0.2, 0) is 0 Å². The van der Waals surface area contributed by atoms with E-state index in [-0.39, 0.29) is 5.78 Å². The van der Waals surface area contributed by atoms with Gasteiger partial charge in [-0.1, -0.05) is 0 Å². The fraction of sp³-hybridized carbons (Fsp3) is 0.222. The fourth-order valence-corrected chi connectivity index (χ4v) is 2.13. The number of thioether (sulfide) groups is 1. The van der Waals surface area contributed by atoms with E-state index in [1.165, 1.54) is 18.7 Å². The maximum absolute atomic E-state index is 11.3. The number of carbonyl (C=O) groups is 1. The largest absolute Gasteiger partial charge is 0.293 e. The van der Waals surface area contributed by atoms with Crippen LogP contribution in [0.15, 0.2) is 22.0 Å². The number of fused-ring (bicyclic) bond motifs is 1. The van der Waals surface area contributed by atoms with Gasteiger partial charge < -0.3 is 0 Å². The zero-order valence-corrected chi connectivity index (χ0v) is 10.6. The van der Waals surface area contributed by atoms with Crippen molar-refractivity contribution >= 4 is 39.1 Å². The van der Waals surface area contributed by atoms with Crippen LogP contribution in [-0.4, -0.2) is 26.4 Å². The third-order valence-corrected chi connectivity index (χ3v) is 3.22. The van der Waals surface area contributed by atoms with Gasteiger partial charge in [0.25, 0.3) is 0 Å². The van der Waals surface area contributed by atoms with Crippen molar-refractivity contribution in [2.75, 3.05) is 6.26 Å². The van der Waals surface area contributed by atoms with Crippen LogP contribution in [0.2, 0.25) is 0 Å². The lowest BCUT2D eigenvalue weighted by molar-refractivity contribution is 0.101. The minimum atomic E-state index is -0.0483. The Morgan fingerprint density at radius 1 is 1.60 bits per heavy atom. The highest BCUT2D eigenvalue weighted by atomic mass is 79.9. The second-order valence-electron chi connectivity index (χ2n) is 2.97. The maximum atomic E-state index is 11.3. The van der Waals surface area contributed by atoms with Crippen molar-refractivity contribution in [2.45, 2.75) is 11.9 Å². The van der Waals surface area contributed by atoms with Crippen molar-refractivity contribution in [3.8, 4) is 0 Å². The maximum Gasteiger partial charge on any atom is 0.179 e. The molecular weight excluding hydrogens is 278 g/mol. The van der Waals surface area contributed by atoms with Gasteiger partial charge in [-0.05, 0) is 22.2 Å².